The second-order valence-corrected chi connectivity index (χ2v) is 15.1. The maximum Gasteiger partial charge on any atom is 0.238 e. The Morgan fingerprint density at radius 2 is 0.877 bits per heavy atom. The van der Waals surface area contributed by atoms with Crippen LogP contribution in [0.4, 0.5) is 0 Å². The summed E-state index contributed by atoms with van der Waals surface area (Å²) in [5, 5.41) is 4.44. The van der Waals surface area contributed by atoms with E-state index in [4.69, 9.17) is 19.4 Å². The summed E-state index contributed by atoms with van der Waals surface area (Å²) in [6.07, 6.45) is 0. The lowest BCUT2D eigenvalue weighted by atomic mass is 10.0. The molecule has 8 aromatic carbocycles. The average Bonchev–Trinajstić information content (AvgIpc) is 3.82. The molecule has 0 N–H and O–H groups in total. The van der Waals surface area contributed by atoms with E-state index in [0.29, 0.717) is 17.6 Å². The molecule has 0 amide bonds. The number of hydrogen-bond donors (Lipinski definition) is 0. The molecule has 0 spiro atoms. The molecule has 0 aliphatic heterocycles. The number of benzene rings is 8. The summed E-state index contributed by atoms with van der Waals surface area (Å²) >= 11 is 3.84. The van der Waals surface area contributed by atoms with Gasteiger partial charge in [-0.15, -0.1) is 0 Å². The van der Waals surface area contributed by atoms with E-state index < -0.39 is 0 Å². The first-order valence-corrected chi connectivity index (χ1v) is 19.7. The minimum Gasteiger partial charge on any atom is -0.456 e. The lowest BCUT2D eigenvalue weighted by Crippen LogP contribution is -2.06. The molecule has 0 atom stereocenters. The molecule has 0 bridgehead atoms. The molecule has 0 radical (unpaired) electrons. The summed E-state index contributed by atoms with van der Waals surface area (Å²) < 4.78 is 9.24. The molecule has 3 aromatic heterocycles. The Hall–Kier alpha value is -7.15. The second kappa shape index (κ2) is 13.6. The van der Waals surface area contributed by atoms with Crippen LogP contribution in [0.3, 0.4) is 0 Å². The average molecular weight is 796 g/mol. The highest BCUT2D eigenvalue weighted by atomic mass is 79.9. The van der Waals surface area contributed by atoms with Crippen molar-refractivity contribution in [1.29, 1.82) is 0 Å². The highest BCUT2D eigenvalue weighted by Crippen LogP contribution is 2.38. The van der Waals surface area contributed by atoms with Crippen molar-refractivity contribution in [2.75, 3.05) is 0 Å². The Balaban J connectivity index is 1.11. The fourth-order valence-corrected chi connectivity index (χ4v) is 8.45. The number of fused-ring (bicyclic) bond motifs is 6. The molecule has 6 heteroatoms. The van der Waals surface area contributed by atoms with E-state index >= 15 is 0 Å². The van der Waals surface area contributed by atoms with E-state index in [2.05, 4.69) is 178 Å². The van der Waals surface area contributed by atoms with Crippen molar-refractivity contribution in [3.63, 3.8) is 0 Å². The van der Waals surface area contributed by atoms with E-state index in [1.54, 1.807) is 0 Å². The molecular weight excluding hydrogens is 764 g/mol. The third-order valence-corrected chi connectivity index (χ3v) is 11.2. The van der Waals surface area contributed by atoms with Crippen LogP contribution in [0.2, 0.25) is 0 Å². The van der Waals surface area contributed by atoms with Crippen LogP contribution in [0.15, 0.2) is 197 Å². The molecule has 5 nitrogen and oxygen atoms in total. The number of halogens is 1. The number of furan rings is 1. The summed E-state index contributed by atoms with van der Waals surface area (Å²) in [4.78, 5) is 15.7. The lowest BCUT2D eigenvalue weighted by Gasteiger charge is -2.12. The summed E-state index contributed by atoms with van der Waals surface area (Å²) in [5.74, 6) is 1.72. The van der Waals surface area contributed by atoms with E-state index in [1.165, 1.54) is 5.56 Å². The Labute approximate surface area is 336 Å². The van der Waals surface area contributed by atoms with Gasteiger partial charge in [-0.05, 0) is 88.0 Å². The fraction of sp³-hybridized carbons (Fsp3) is 0. The molecule has 11 aromatic rings. The molecule has 11 rings (SSSR count). The Bertz CT molecular complexity index is 3300. The normalized spacial score (nSPS) is 11.6. The van der Waals surface area contributed by atoms with Crippen molar-refractivity contribution in [1.82, 2.24) is 19.5 Å². The Kier molecular flexibility index (Phi) is 7.90. The Morgan fingerprint density at radius 3 is 1.67 bits per heavy atom. The number of aromatic nitrogens is 4. The maximum atomic E-state index is 6.15. The molecule has 57 heavy (non-hydrogen) atoms. The van der Waals surface area contributed by atoms with Gasteiger partial charge in [0.2, 0.25) is 5.95 Å². The van der Waals surface area contributed by atoms with Gasteiger partial charge in [-0.3, -0.25) is 4.57 Å². The van der Waals surface area contributed by atoms with Gasteiger partial charge in [-0.1, -0.05) is 149 Å². The molecule has 0 unspecified atom stereocenters. The van der Waals surface area contributed by atoms with Gasteiger partial charge in [-0.2, -0.15) is 9.97 Å². The predicted octanol–water partition coefficient (Wildman–Crippen LogP) is 14.0. The fourth-order valence-electron chi connectivity index (χ4n) is 7.95. The number of rotatable bonds is 6. The lowest BCUT2D eigenvalue weighted by molar-refractivity contribution is 0.669. The zero-order chi connectivity index (χ0) is 37.9. The smallest absolute Gasteiger partial charge is 0.238 e. The van der Waals surface area contributed by atoms with E-state index in [-0.39, 0.29) is 0 Å². The SMILES string of the molecule is Brc1cc(-c2ccc3oc4ccccc4c3c2)cc(-c2nc(-c3ccc(-c4ccccc4)cc3)nc(-n3c4ccccc4c4cc(-c5ccccc5)ccc43)n2)c1. The van der Waals surface area contributed by atoms with Crippen molar-refractivity contribution in [2.45, 2.75) is 0 Å². The van der Waals surface area contributed by atoms with Gasteiger partial charge >= 0.3 is 0 Å². The summed E-state index contributed by atoms with van der Waals surface area (Å²) in [6.45, 7) is 0. The molecule has 268 valence electrons. The molecule has 3 heterocycles. The highest BCUT2D eigenvalue weighted by Gasteiger charge is 2.19. The minimum absolute atomic E-state index is 0.550. The maximum absolute atomic E-state index is 6.15. The molecule has 0 saturated carbocycles. The van der Waals surface area contributed by atoms with Crippen molar-refractivity contribution >= 4 is 59.7 Å². The first kappa shape index (κ1) is 33.2. The molecule has 0 aliphatic carbocycles. The van der Waals surface area contributed by atoms with E-state index in [0.717, 1.165) is 87.2 Å². The zero-order valence-electron chi connectivity index (χ0n) is 30.5. The van der Waals surface area contributed by atoms with E-state index in [9.17, 15) is 0 Å². The number of para-hydroxylation sites is 2. The van der Waals surface area contributed by atoms with E-state index in [1.807, 2.05) is 30.3 Å². The van der Waals surface area contributed by atoms with Crippen LogP contribution in [-0.2, 0) is 0 Å². The van der Waals surface area contributed by atoms with Gasteiger partial charge in [0, 0.05) is 37.1 Å². The van der Waals surface area contributed by atoms with Gasteiger partial charge in [0.05, 0.1) is 11.0 Å². The van der Waals surface area contributed by atoms with Gasteiger partial charge in [-0.25, -0.2) is 4.98 Å². The molecule has 0 aliphatic rings. The van der Waals surface area contributed by atoms with Gasteiger partial charge in [0.1, 0.15) is 11.2 Å². The van der Waals surface area contributed by atoms with Crippen LogP contribution in [0.5, 0.6) is 0 Å². The minimum atomic E-state index is 0.550. The topological polar surface area (TPSA) is 56.7 Å². The second-order valence-electron chi connectivity index (χ2n) is 14.2. The van der Waals surface area contributed by atoms with Gasteiger partial charge in [0.15, 0.2) is 11.6 Å². The van der Waals surface area contributed by atoms with Crippen LogP contribution < -0.4 is 0 Å². The van der Waals surface area contributed by atoms with Crippen molar-refractivity contribution in [2.24, 2.45) is 0 Å². The first-order valence-electron chi connectivity index (χ1n) is 18.9. The highest BCUT2D eigenvalue weighted by molar-refractivity contribution is 9.10. The summed E-state index contributed by atoms with van der Waals surface area (Å²) in [6, 6.07) is 65.4. The standard InChI is InChI=1S/C51H31BrN4O/c52-40-28-38(37-24-26-48-44(31-37)42-16-8-10-18-47(42)57-48)27-39(29-40)50-53-49(35-21-19-34(20-22-35)32-11-3-1-4-12-32)54-51(55-50)56-45-17-9-7-15-41(45)43-30-36(23-25-46(43)56)33-13-5-2-6-14-33/h1-31H. The summed E-state index contributed by atoms with van der Waals surface area (Å²) in [5.41, 5.74) is 12.3. The van der Waals surface area contributed by atoms with Crippen LogP contribution >= 0.6 is 15.9 Å². The number of nitrogens with zero attached hydrogens (tertiary/aromatic N) is 4. The van der Waals surface area contributed by atoms with Crippen molar-refractivity contribution in [3.05, 3.63) is 193 Å². The van der Waals surface area contributed by atoms with Crippen molar-refractivity contribution < 1.29 is 4.42 Å². The largest absolute Gasteiger partial charge is 0.456 e. The monoisotopic (exact) mass is 794 g/mol. The third kappa shape index (κ3) is 5.90. The van der Waals surface area contributed by atoms with Crippen LogP contribution in [0.1, 0.15) is 0 Å². The van der Waals surface area contributed by atoms with Gasteiger partial charge in [0.25, 0.3) is 0 Å². The third-order valence-electron chi connectivity index (χ3n) is 10.7. The van der Waals surface area contributed by atoms with Crippen LogP contribution in [0, 0.1) is 0 Å². The summed E-state index contributed by atoms with van der Waals surface area (Å²) in [7, 11) is 0. The first-order chi connectivity index (χ1) is 28.1. The molecule has 0 fully saturated rings. The van der Waals surface area contributed by atoms with Crippen molar-refractivity contribution in [3.8, 4) is 62.1 Å². The zero-order valence-corrected chi connectivity index (χ0v) is 32.1. The van der Waals surface area contributed by atoms with Crippen LogP contribution in [-0.4, -0.2) is 19.5 Å². The number of hydrogen-bond acceptors (Lipinski definition) is 4. The van der Waals surface area contributed by atoms with Gasteiger partial charge < -0.3 is 4.42 Å². The Morgan fingerprint density at radius 1 is 0.351 bits per heavy atom. The predicted molar refractivity (Wildman–Crippen MR) is 236 cm³/mol. The molecule has 0 saturated heterocycles. The quantitative estimate of drug-likeness (QED) is 0.168. The molecular formula is C51H31BrN4O. The van der Waals surface area contributed by atoms with Crippen LogP contribution in [0.25, 0.3) is 106 Å².